The maximum Gasteiger partial charge on any atom is 0.345 e. The molecule has 0 unspecified atom stereocenters. The maximum absolute atomic E-state index is 12.8. The number of hydrogen-bond acceptors (Lipinski definition) is 6. The number of nitrogens with zero attached hydrogens (tertiary/aromatic N) is 1. The van der Waals surface area contributed by atoms with Gasteiger partial charge >= 0.3 is 17.8 Å². The standard InChI is InChI=1S/C29H26Cl2N4O5/c30-19-13-14-22(24(31)16-19)29(39)40-21-10-6-7-18(15-21)17-32-35-28(38)27(37)34-25-12-5-4-11-23(25)26(36)33-20-8-2-1-3-9-20/h4-7,10-17,20H,1-3,8-9H2,(H,33,36)(H,34,37)(H,35,38)/b32-17+. The predicted molar refractivity (Wildman–Crippen MR) is 153 cm³/mol. The van der Waals surface area contributed by atoms with Gasteiger partial charge in [0.05, 0.1) is 28.1 Å². The Morgan fingerprint density at radius 3 is 2.40 bits per heavy atom. The molecule has 0 saturated heterocycles. The van der Waals surface area contributed by atoms with Crippen molar-refractivity contribution in [1.29, 1.82) is 0 Å². The summed E-state index contributed by atoms with van der Waals surface area (Å²) < 4.78 is 5.36. The van der Waals surface area contributed by atoms with Crippen molar-refractivity contribution in [2.45, 2.75) is 38.1 Å². The van der Waals surface area contributed by atoms with Gasteiger partial charge in [0, 0.05) is 11.1 Å². The van der Waals surface area contributed by atoms with Crippen LogP contribution in [0.3, 0.4) is 0 Å². The molecular formula is C29H26Cl2N4O5. The van der Waals surface area contributed by atoms with Gasteiger partial charge in [-0.1, -0.05) is 66.7 Å². The zero-order chi connectivity index (χ0) is 28.5. The first-order valence-corrected chi connectivity index (χ1v) is 13.4. The lowest BCUT2D eigenvalue weighted by Crippen LogP contribution is -2.37. The molecule has 1 saturated carbocycles. The van der Waals surface area contributed by atoms with Gasteiger partial charge in [0.15, 0.2) is 0 Å². The summed E-state index contributed by atoms with van der Waals surface area (Å²) in [7, 11) is 0. The molecule has 40 heavy (non-hydrogen) atoms. The third-order valence-electron chi connectivity index (χ3n) is 6.17. The minimum atomic E-state index is -1.03. The van der Waals surface area contributed by atoms with E-state index in [-0.39, 0.29) is 39.5 Å². The zero-order valence-corrected chi connectivity index (χ0v) is 22.8. The monoisotopic (exact) mass is 580 g/mol. The smallest absolute Gasteiger partial charge is 0.345 e. The van der Waals surface area contributed by atoms with Gasteiger partial charge in [-0.2, -0.15) is 5.10 Å². The molecule has 1 fully saturated rings. The molecule has 0 heterocycles. The molecule has 1 aliphatic rings. The van der Waals surface area contributed by atoms with Crippen molar-refractivity contribution in [1.82, 2.24) is 10.7 Å². The number of halogens is 2. The molecule has 3 aromatic carbocycles. The van der Waals surface area contributed by atoms with Crippen LogP contribution >= 0.6 is 23.2 Å². The quantitative estimate of drug-likeness (QED) is 0.114. The number of carbonyl (C=O) groups is 4. The fraction of sp³-hybridized carbons (Fsp3) is 0.207. The second-order valence-electron chi connectivity index (χ2n) is 9.09. The highest BCUT2D eigenvalue weighted by Gasteiger charge is 2.21. The van der Waals surface area contributed by atoms with Crippen LogP contribution in [0.1, 0.15) is 58.4 Å². The summed E-state index contributed by atoms with van der Waals surface area (Å²) in [4.78, 5) is 50.0. The summed E-state index contributed by atoms with van der Waals surface area (Å²) >= 11 is 11.9. The van der Waals surface area contributed by atoms with E-state index < -0.39 is 17.8 Å². The molecule has 3 aromatic rings. The Hall–Kier alpha value is -4.21. The van der Waals surface area contributed by atoms with Crippen molar-refractivity contribution >= 4 is 58.8 Å². The van der Waals surface area contributed by atoms with Gasteiger partial charge in [-0.3, -0.25) is 14.4 Å². The van der Waals surface area contributed by atoms with Crippen molar-refractivity contribution in [2.75, 3.05) is 5.32 Å². The lowest BCUT2D eigenvalue weighted by molar-refractivity contribution is -0.136. The Bertz CT molecular complexity index is 1450. The highest BCUT2D eigenvalue weighted by Crippen LogP contribution is 2.23. The molecular weight excluding hydrogens is 555 g/mol. The fourth-order valence-electron chi connectivity index (χ4n) is 4.17. The summed E-state index contributed by atoms with van der Waals surface area (Å²) in [6.45, 7) is 0. The Labute approximate surface area is 240 Å². The molecule has 3 N–H and O–H groups in total. The van der Waals surface area contributed by atoms with Crippen molar-refractivity contribution in [2.24, 2.45) is 5.10 Å². The molecule has 11 heteroatoms. The van der Waals surface area contributed by atoms with Gasteiger partial charge in [-0.15, -0.1) is 0 Å². The van der Waals surface area contributed by atoms with Crippen LogP contribution in [0.25, 0.3) is 0 Å². The van der Waals surface area contributed by atoms with E-state index in [1.54, 1.807) is 42.5 Å². The second-order valence-corrected chi connectivity index (χ2v) is 9.94. The minimum Gasteiger partial charge on any atom is -0.423 e. The molecule has 3 amide bonds. The van der Waals surface area contributed by atoms with E-state index in [0.29, 0.717) is 10.6 Å². The van der Waals surface area contributed by atoms with Crippen LogP contribution in [0.2, 0.25) is 10.0 Å². The Kier molecular flexibility index (Phi) is 9.88. The maximum atomic E-state index is 12.8. The van der Waals surface area contributed by atoms with E-state index in [0.717, 1.165) is 32.1 Å². The average Bonchev–Trinajstić information content (AvgIpc) is 2.94. The summed E-state index contributed by atoms with van der Waals surface area (Å²) in [6.07, 6.45) is 6.42. The number of para-hydroxylation sites is 1. The van der Waals surface area contributed by atoms with Gasteiger partial charge in [0.2, 0.25) is 0 Å². The summed E-state index contributed by atoms with van der Waals surface area (Å²) in [6, 6.07) is 17.4. The highest BCUT2D eigenvalue weighted by molar-refractivity contribution is 6.40. The normalized spacial score (nSPS) is 13.4. The topological polar surface area (TPSA) is 126 Å². The number of esters is 1. The van der Waals surface area contributed by atoms with Crippen LogP contribution in [-0.2, 0) is 9.59 Å². The number of hydrazone groups is 1. The fourth-order valence-corrected chi connectivity index (χ4v) is 4.66. The number of benzene rings is 3. The molecule has 206 valence electrons. The molecule has 0 spiro atoms. The first kappa shape index (κ1) is 28.8. The number of nitrogens with one attached hydrogen (secondary N) is 3. The SMILES string of the molecule is O=C(N/N=C/c1cccc(OC(=O)c2ccc(Cl)cc2Cl)c1)C(=O)Nc1ccccc1C(=O)NC1CCCCC1. The van der Waals surface area contributed by atoms with Crippen molar-refractivity contribution < 1.29 is 23.9 Å². The van der Waals surface area contributed by atoms with Crippen molar-refractivity contribution in [3.63, 3.8) is 0 Å². The number of amides is 3. The third-order valence-corrected chi connectivity index (χ3v) is 6.71. The highest BCUT2D eigenvalue weighted by atomic mass is 35.5. The summed E-state index contributed by atoms with van der Waals surface area (Å²) in [5.41, 5.74) is 3.26. The molecule has 9 nitrogen and oxygen atoms in total. The van der Waals surface area contributed by atoms with Crippen LogP contribution in [-0.4, -0.2) is 35.9 Å². The van der Waals surface area contributed by atoms with Crippen LogP contribution in [0.4, 0.5) is 5.69 Å². The number of rotatable bonds is 7. The lowest BCUT2D eigenvalue weighted by atomic mass is 9.95. The van der Waals surface area contributed by atoms with Crippen LogP contribution in [0, 0.1) is 0 Å². The van der Waals surface area contributed by atoms with E-state index in [4.69, 9.17) is 27.9 Å². The van der Waals surface area contributed by atoms with Crippen molar-refractivity contribution in [3.05, 3.63) is 93.5 Å². The minimum absolute atomic E-state index is 0.0971. The largest absolute Gasteiger partial charge is 0.423 e. The molecule has 0 radical (unpaired) electrons. The van der Waals surface area contributed by atoms with E-state index in [1.807, 2.05) is 0 Å². The van der Waals surface area contributed by atoms with E-state index >= 15 is 0 Å². The Balaban J connectivity index is 1.32. The zero-order valence-electron chi connectivity index (χ0n) is 21.3. The van der Waals surface area contributed by atoms with Gasteiger partial charge in [-0.05, 0) is 60.9 Å². The summed E-state index contributed by atoms with van der Waals surface area (Å²) in [5.74, 6) is -2.78. The van der Waals surface area contributed by atoms with Gasteiger partial charge in [-0.25, -0.2) is 10.2 Å². The molecule has 0 aliphatic heterocycles. The van der Waals surface area contributed by atoms with E-state index in [1.165, 1.54) is 30.5 Å². The van der Waals surface area contributed by atoms with Crippen molar-refractivity contribution in [3.8, 4) is 5.75 Å². The number of hydrogen-bond donors (Lipinski definition) is 3. The molecule has 1 aliphatic carbocycles. The second kappa shape index (κ2) is 13.7. The number of ether oxygens (including phenoxy) is 1. The van der Waals surface area contributed by atoms with E-state index in [9.17, 15) is 19.2 Å². The lowest BCUT2D eigenvalue weighted by Gasteiger charge is -2.23. The van der Waals surface area contributed by atoms with Crippen LogP contribution < -0.4 is 20.8 Å². The van der Waals surface area contributed by atoms with E-state index in [2.05, 4.69) is 21.2 Å². The average molecular weight is 581 g/mol. The number of carbonyl (C=O) groups excluding carboxylic acids is 4. The van der Waals surface area contributed by atoms with Gasteiger partial charge < -0.3 is 15.4 Å². The molecule has 0 bridgehead atoms. The Morgan fingerprint density at radius 1 is 0.850 bits per heavy atom. The number of anilines is 1. The first-order valence-electron chi connectivity index (χ1n) is 12.6. The van der Waals surface area contributed by atoms with Crippen LogP contribution in [0.5, 0.6) is 5.75 Å². The van der Waals surface area contributed by atoms with Crippen LogP contribution in [0.15, 0.2) is 71.8 Å². The van der Waals surface area contributed by atoms with Gasteiger partial charge in [0.1, 0.15) is 5.75 Å². The molecule has 0 aromatic heterocycles. The molecule has 0 atom stereocenters. The Morgan fingerprint density at radius 2 is 1.62 bits per heavy atom. The summed E-state index contributed by atoms with van der Waals surface area (Å²) in [5, 5.41) is 9.82. The molecule has 4 rings (SSSR count). The predicted octanol–water partition coefficient (Wildman–Crippen LogP) is 5.36. The first-order chi connectivity index (χ1) is 19.3. The van der Waals surface area contributed by atoms with Gasteiger partial charge in [0.25, 0.3) is 5.91 Å². The third kappa shape index (κ3) is 7.91.